The third-order valence-electron chi connectivity index (χ3n) is 4.01. The Bertz CT molecular complexity index is 535. The lowest BCUT2D eigenvalue weighted by Crippen LogP contribution is -2.35. The zero-order valence-corrected chi connectivity index (χ0v) is 17.7. The maximum Gasteiger partial charge on any atom is 0.164 e. The third-order valence-corrected chi connectivity index (χ3v) is 4.01. The van der Waals surface area contributed by atoms with Gasteiger partial charge in [-0.15, -0.1) is 0 Å². The van der Waals surface area contributed by atoms with E-state index in [9.17, 15) is 10.2 Å². The largest absolute Gasteiger partial charge is 0.487 e. The number of benzene rings is 1. The minimum absolute atomic E-state index is 0.176. The SMILES string of the molecule is CC(C)NC[C@@H](O)COc1cccc(C(C)C)c1OC[C@@H](O)CNC(C)C. The molecule has 2 atom stereocenters. The highest BCUT2D eigenvalue weighted by atomic mass is 16.5. The summed E-state index contributed by atoms with van der Waals surface area (Å²) in [7, 11) is 0. The van der Waals surface area contributed by atoms with Crippen LogP contribution in [0.1, 0.15) is 53.0 Å². The van der Waals surface area contributed by atoms with Crippen molar-refractivity contribution >= 4 is 0 Å². The van der Waals surface area contributed by atoms with Crippen LogP contribution in [0.2, 0.25) is 0 Å². The highest BCUT2D eigenvalue weighted by Crippen LogP contribution is 2.35. The Morgan fingerprint density at radius 3 is 1.81 bits per heavy atom. The van der Waals surface area contributed by atoms with E-state index in [0.29, 0.717) is 36.7 Å². The van der Waals surface area contributed by atoms with Crippen LogP contribution in [-0.4, -0.2) is 60.8 Å². The van der Waals surface area contributed by atoms with E-state index in [1.165, 1.54) is 0 Å². The van der Waals surface area contributed by atoms with Crippen molar-refractivity contribution < 1.29 is 19.7 Å². The average Bonchev–Trinajstić information content (AvgIpc) is 2.61. The molecule has 0 saturated heterocycles. The van der Waals surface area contributed by atoms with E-state index >= 15 is 0 Å². The first-order valence-electron chi connectivity index (χ1n) is 9.92. The van der Waals surface area contributed by atoms with Gasteiger partial charge in [0.1, 0.15) is 25.4 Å². The molecule has 0 aliphatic carbocycles. The Balaban J connectivity index is 2.75. The molecule has 6 heteroatoms. The van der Waals surface area contributed by atoms with Crippen molar-refractivity contribution in [1.82, 2.24) is 10.6 Å². The number of para-hydroxylation sites is 1. The number of hydrogen-bond donors (Lipinski definition) is 4. The fourth-order valence-corrected chi connectivity index (χ4v) is 2.48. The summed E-state index contributed by atoms with van der Waals surface area (Å²) in [6, 6.07) is 6.38. The van der Waals surface area contributed by atoms with Crippen LogP contribution < -0.4 is 20.1 Å². The van der Waals surface area contributed by atoms with Crippen LogP contribution in [0.25, 0.3) is 0 Å². The second-order valence-electron chi connectivity index (χ2n) is 7.88. The van der Waals surface area contributed by atoms with Crippen molar-refractivity contribution in [2.45, 2.75) is 71.8 Å². The molecule has 27 heavy (non-hydrogen) atoms. The zero-order chi connectivity index (χ0) is 20.4. The molecule has 0 aromatic heterocycles. The van der Waals surface area contributed by atoms with Gasteiger partial charge in [0.05, 0.1) is 0 Å². The molecule has 0 amide bonds. The highest BCUT2D eigenvalue weighted by Gasteiger charge is 2.17. The third kappa shape index (κ3) is 9.42. The summed E-state index contributed by atoms with van der Waals surface area (Å²) in [5.74, 6) is 1.48. The summed E-state index contributed by atoms with van der Waals surface area (Å²) in [6.45, 7) is 13.6. The number of ether oxygens (including phenoxy) is 2. The van der Waals surface area contributed by atoms with Gasteiger partial charge in [0.25, 0.3) is 0 Å². The van der Waals surface area contributed by atoms with Crippen molar-refractivity contribution in [1.29, 1.82) is 0 Å². The monoisotopic (exact) mass is 382 g/mol. The zero-order valence-electron chi connectivity index (χ0n) is 17.7. The lowest BCUT2D eigenvalue weighted by atomic mass is 10.0. The molecule has 1 aromatic carbocycles. The predicted octanol–water partition coefficient (Wildman–Crippen LogP) is 2.29. The van der Waals surface area contributed by atoms with Crippen LogP contribution in [0.15, 0.2) is 18.2 Å². The van der Waals surface area contributed by atoms with Crippen molar-refractivity contribution in [2.24, 2.45) is 0 Å². The molecule has 1 rings (SSSR count). The van der Waals surface area contributed by atoms with E-state index < -0.39 is 12.2 Å². The van der Waals surface area contributed by atoms with Gasteiger partial charge in [-0.05, 0) is 12.0 Å². The number of rotatable bonds is 13. The lowest BCUT2D eigenvalue weighted by Gasteiger charge is -2.21. The first kappa shape index (κ1) is 23.7. The molecular formula is C21H38N2O4. The molecule has 156 valence electrons. The Labute approximate surface area is 164 Å². The minimum Gasteiger partial charge on any atom is -0.487 e. The van der Waals surface area contributed by atoms with Crippen LogP contribution in [0.3, 0.4) is 0 Å². The van der Waals surface area contributed by atoms with Crippen LogP contribution >= 0.6 is 0 Å². The maximum absolute atomic E-state index is 10.1. The molecule has 0 radical (unpaired) electrons. The molecule has 0 unspecified atom stereocenters. The van der Waals surface area contributed by atoms with Crippen LogP contribution in [0, 0.1) is 0 Å². The van der Waals surface area contributed by atoms with Crippen molar-refractivity contribution in [3.05, 3.63) is 23.8 Å². The molecule has 0 fully saturated rings. The second-order valence-corrected chi connectivity index (χ2v) is 7.88. The summed E-state index contributed by atoms with van der Waals surface area (Å²) in [5, 5.41) is 26.6. The fourth-order valence-electron chi connectivity index (χ4n) is 2.48. The quantitative estimate of drug-likeness (QED) is 0.419. The van der Waals surface area contributed by atoms with E-state index in [0.717, 1.165) is 5.56 Å². The molecule has 4 N–H and O–H groups in total. The number of aliphatic hydroxyl groups is 2. The van der Waals surface area contributed by atoms with Crippen LogP contribution in [-0.2, 0) is 0 Å². The predicted molar refractivity (Wildman–Crippen MR) is 110 cm³/mol. The maximum atomic E-state index is 10.1. The fraction of sp³-hybridized carbons (Fsp3) is 0.714. The van der Waals surface area contributed by atoms with Gasteiger partial charge in [-0.25, -0.2) is 0 Å². The molecular weight excluding hydrogens is 344 g/mol. The standard InChI is InChI=1S/C21H38N2O4/c1-14(2)19-8-7-9-20(26-12-17(24)10-22-15(3)4)21(19)27-13-18(25)11-23-16(5)6/h7-9,14-18,22-25H,10-13H2,1-6H3/t17-,18+/m1/s1. The molecule has 0 aliphatic rings. The Hall–Kier alpha value is -1.34. The van der Waals surface area contributed by atoms with Gasteiger partial charge in [-0.2, -0.15) is 0 Å². The van der Waals surface area contributed by atoms with Gasteiger partial charge in [0.2, 0.25) is 0 Å². The first-order valence-corrected chi connectivity index (χ1v) is 9.92. The van der Waals surface area contributed by atoms with Crippen molar-refractivity contribution in [2.75, 3.05) is 26.3 Å². The summed E-state index contributed by atoms with van der Waals surface area (Å²) < 4.78 is 11.8. The van der Waals surface area contributed by atoms with Gasteiger partial charge in [0.15, 0.2) is 11.5 Å². The summed E-state index contributed by atoms with van der Waals surface area (Å²) in [4.78, 5) is 0. The van der Waals surface area contributed by atoms with E-state index in [-0.39, 0.29) is 19.1 Å². The molecule has 0 saturated carbocycles. The summed E-state index contributed by atoms with van der Waals surface area (Å²) in [6.07, 6.45) is -1.22. The van der Waals surface area contributed by atoms with Gasteiger partial charge in [-0.1, -0.05) is 53.7 Å². The molecule has 0 bridgehead atoms. The molecule has 1 aromatic rings. The average molecular weight is 383 g/mol. The first-order chi connectivity index (χ1) is 12.7. The molecule has 0 heterocycles. The minimum atomic E-state index is -0.610. The lowest BCUT2D eigenvalue weighted by molar-refractivity contribution is 0.0903. The molecule has 6 nitrogen and oxygen atoms in total. The van der Waals surface area contributed by atoms with Crippen molar-refractivity contribution in [3.63, 3.8) is 0 Å². The van der Waals surface area contributed by atoms with Crippen LogP contribution in [0.4, 0.5) is 0 Å². The Morgan fingerprint density at radius 1 is 0.815 bits per heavy atom. The number of aliphatic hydroxyl groups excluding tert-OH is 2. The Morgan fingerprint density at radius 2 is 1.33 bits per heavy atom. The van der Waals surface area contributed by atoms with Crippen LogP contribution in [0.5, 0.6) is 11.5 Å². The molecule has 0 aliphatic heterocycles. The second kappa shape index (κ2) is 12.2. The van der Waals surface area contributed by atoms with Gasteiger partial charge >= 0.3 is 0 Å². The van der Waals surface area contributed by atoms with E-state index in [4.69, 9.17) is 9.47 Å². The van der Waals surface area contributed by atoms with Gasteiger partial charge in [-0.3, -0.25) is 0 Å². The van der Waals surface area contributed by atoms with Gasteiger partial charge in [0, 0.05) is 30.7 Å². The number of nitrogens with one attached hydrogen (secondary N) is 2. The van der Waals surface area contributed by atoms with E-state index in [1.807, 2.05) is 45.9 Å². The molecule has 0 spiro atoms. The van der Waals surface area contributed by atoms with E-state index in [1.54, 1.807) is 0 Å². The Kier molecular flexibility index (Phi) is 10.7. The van der Waals surface area contributed by atoms with Gasteiger partial charge < -0.3 is 30.3 Å². The number of hydrogen-bond acceptors (Lipinski definition) is 6. The normalized spacial score (nSPS) is 14.0. The summed E-state index contributed by atoms with van der Waals surface area (Å²) in [5.41, 5.74) is 1.02. The van der Waals surface area contributed by atoms with E-state index in [2.05, 4.69) is 24.5 Å². The van der Waals surface area contributed by atoms with Crippen molar-refractivity contribution in [3.8, 4) is 11.5 Å². The summed E-state index contributed by atoms with van der Waals surface area (Å²) >= 11 is 0. The smallest absolute Gasteiger partial charge is 0.164 e. The topological polar surface area (TPSA) is 83.0 Å². The highest BCUT2D eigenvalue weighted by molar-refractivity contribution is 5.48.